The quantitative estimate of drug-likeness (QED) is 0.739. The van der Waals surface area contributed by atoms with Gasteiger partial charge in [-0.2, -0.15) is 0 Å². The van der Waals surface area contributed by atoms with Crippen LogP contribution in [0.25, 0.3) is 0 Å². The van der Waals surface area contributed by atoms with Gasteiger partial charge in [-0.15, -0.1) is 0 Å². The lowest BCUT2D eigenvalue weighted by atomic mass is 10.2. The van der Waals surface area contributed by atoms with E-state index in [9.17, 15) is 9.59 Å². The summed E-state index contributed by atoms with van der Waals surface area (Å²) in [6.45, 7) is 1.91. The second-order valence-electron chi connectivity index (χ2n) is 3.48. The van der Waals surface area contributed by atoms with E-state index in [0.29, 0.717) is 5.69 Å². The number of carboxylic acid groups (broad SMARTS) is 1. The van der Waals surface area contributed by atoms with Crippen LogP contribution >= 0.6 is 0 Å². The average Bonchev–Trinajstić information content (AvgIpc) is 2.70. The van der Waals surface area contributed by atoms with Gasteiger partial charge in [0.1, 0.15) is 6.04 Å². The molecule has 0 aliphatic rings. The molecule has 1 heterocycles. The van der Waals surface area contributed by atoms with Crippen molar-refractivity contribution in [2.45, 2.75) is 19.4 Å². The number of hydrogen-bond acceptors (Lipinski definition) is 5. The van der Waals surface area contributed by atoms with E-state index in [4.69, 9.17) is 14.4 Å². The molecule has 0 spiro atoms. The number of carbonyl (C=O) groups is 2. The third-order valence-corrected chi connectivity index (χ3v) is 2.07. The predicted octanol–water partition coefficient (Wildman–Crippen LogP) is 0.203. The number of ether oxygens (including phenoxy) is 1. The average molecular weight is 242 g/mol. The number of nitrogens with one attached hydrogen (secondary N) is 1. The van der Waals surface area contributed by atoms with E-state index >= 15 is 0 Å². The molecule has 94 valence electrons. The smallest absolute Gasteiger partial charge is 0.326 e. The zero-order chi connectivity index (χ0) is 12.8. The van der Waals surface area contributed by atoms with Crippen molar-refractivity contribution in [1.29, 1.82) is 0 Å². The van der Waals surface area contributed by atoms with Crippen LogP contribution in [0.2, 0.25) is 0 Å². The van der Waals surface area contributed by atoms with Crippen molar-refractivity contribution in [3.8, 4) is 0 Å². The number of aliphatic carboxylic acids is 1. The summed E-state index contributed by atoms with van der Waals surface area (Å²) in [7, 11) is 1.46. The van der Waals surface area contributed by atoms with E-state index in [1.165, 1.54) is 13.2 Å². The highest BCUT2D eigenvalue weighted by molar-refractivity contribution is 5.94. The number of aromatic nitrogens is 1. The maximum Gasteiger partial charge on any atom is 0.326 e. The molecule has 7 nitrogen and oxygen atoms in total. The van der Waals surface area contributed by atoms with Crippen molar-refractivity contribution in [3.05, 3.63) is 17.5 Å². The standard InChI is InChI=1S/C10H14N2O5/c1-6-5-8(17-12-6)9(13)11-7(10(14)15)3-4-16-2/h5,7H,3-4H2,1-2H3,(H,11,13)(H,14,15). The highest BCUT2D eigenvalue weighted by atomic mass is 16.5. The van der Waals surface area contributed by atoms with Gasteiger partial charge < -0.3 is 19.7 Å². The molecule has 0 saturated carbocycles. The first-order valence-corrected chi connectivity index (χ1v) is 5.00. The van der Waals surface area contributed by atoms with Crippen molar-refractivity contribution in [2.24, 2.45) is 0 Å². The zero-order valence-corrected chi connectivity index (χ0v) is 9.60. The maximum absolute atomic E-state index is 11.6. The fourth-order valence-corrected chi connectivity index (χ4v) is 1.19. The summed E-state index contributed by atoms with van der Waals surface area (Å²) < 4.78 is 9.49. The van der Waals surface area contributed by atoms with E-state index < -0.39 is 17.9 Å². The van der Waals surface area contributed by atoms with Crippen molar-refractivity contribution < 1.29 is 24.0 Å². The molecule has 1 aromatic rings. The minimum Gasteiger partial charge on any atom is -0.480 e. The Hall–Kier alpha value is -1.89. The van der Waals surface area contributed by atoms with Crippen molar-refractivity contribution in [1.82, 2.24) is 10.5 Å². The van der Waals surface area contributed by atoms with Crippen molar-refractivity contribution in [2.75, 3.05) is 13.7 Å². The number of carbonyl (C=O) groups excluding carboxylic acids is 1. The molecule has 0 radical (unpaired) electrons. The zero-order valence-electron chi connectivity index (χ0n) is 9.60. The highest BCUT2D eigenvalue weighted by Crippen LogP contribution is 2.03. The lowest BCUT2D eigenvalue weighted by Gasteiger charge is -2.12. The Balaban J connectivity index is 2.60. The summed E-state index contributed by atoms with van der Waals surface area (Å²) in [5.41, 5.74) is 0.555. The molecular weight excluding hydrogens is 228 g/mol. The van der Waals surface area contributed by atoms with Gasteiger partial charge in [0.05, 0.1) is 5.69 Å². The van der Waals surface area contributed by atoms with Crippen LogP contribution in [0.4, 0.5) is 0 Å². The largest absolute Gasteiger partial charge is 0.480 e. The first-order chi connectivity index (χ1) is 8.04. The third-order valence-electron chi connectivity index (χ3n) is 2.07. The van der Waals surface area contributed by atoms with Crippen LogP contribution in [0.5, 0.6) is 0 Å². The summed E-state index contributed by atoms with van der Waals surface area (Å²) in [6.07, 6.45) is 0.185. The molecule has 1 amide bonds. The molecule has 1 unspecified atom stereocenters. The Morgan fingerprint density at radius 3 is 2.82 bits per heavy atom. The Bertz CT molecular complexity index is 401. The lowest BCUT2D eigenvalue weighted by molar-refractivity contribution is -0.139. The van der Waals surface area contributed by atoms with Gasteiger partial charge in [-0.05, 0) is 6.92 Å². The second-order valence-corrected chi connectivity index (χ2v) is 3.48. The maximum atomic E-state index is 11.6. The lowest BCUT2D eigenvalue weighted by Crippen LogP contribution is -2.41. The summed E-state index contributed by atoms with van der Waals surface area (Å²) >= 11 is 0. The number of nitrogens with zero attached hydrogens (tertiary/aromatic N) is 1. The molecule has 0 aromatic carbocycles. The topological polar surface area (TPSA) is 102 Å². The molecule has 1 rings (SSSR count). The van der Waals surface area contributed by atoms with Crippen LogP contribution < -0.4 is 5.32 Å². The number of hydrogen-bond donors (Lipinski definition) is 2. The fraction of sp³-hybridized carbons (Fsp3) is 0.500. The van der Waals surface area contributed by atoms with Gasteiger partial charge in [0.2, 0.25) is 5.76 Å². The monoisotopic (exact) mass is 242 g/mol. The van der Waals surface area contributed by atoms with E-state index in [-0.39, 0.29) is 18.8 Å². The first kappa shape index (κ1) is 13.2. The highest BCUT2D eigenvalue weighted by Gasteiger charge is 2.22. The Labute approximate surface area is 97.7 Å². The van der Waals surface area contributed by atoms with Crippen LogP contribution in [0.3, 0.4) is 0 Å². The first-order valence-electron chi connectivity index (χ1n) is 5.00. The molecule has 0 aliphatic carbocycles. The summed E-state index contributed by atoms with van der Waals surface area (Å²) in [5.74, 6) is -1.73. The minimum atomic E-state index is -1.12. The normalized spacial score (nSPS) is 12.1. The van der Waals surface area contributed by atoms with E-state index in [0.717, 1.165) is 0 Å². The Morgan fingerprint density at radius 1 is 1.65 bits per heavy atom. The van der Waals surface area contributed by atoms with Crippen LogP contribution in [0.15, 0.2) is 10.6 Å². The molecule has 1 atom stereocenters. The van der Waals surface area contributed by atoms with E-state index in [1.807, 2.05) is 0 Å². The van der Waals surface area contributed by atoms with Gasteiger partial charge in [0.25, 0.3) is 5.91 Å². The van der Waals surface area contributed by atoms with E-state index in [2.05, 4.69) is 10.5 Å². The van der Waals surface area contributed by atoms with Crippen molar-refractivity contribution >= 4 is 11.9 Å². The molecule has 17 heavy (non-hydrogen) atoms. The van der Waals surface area contributed by atoms with Crippen LogP contribution in [-0.4, -0.2) is 41.9 Å². The van der Waals surface area contributed by atoms with Gasteiger partial charge in [-0.1, -0.05) is 5.16 Å². The molecule has 2 N–H and O–H groups in total. The minimum absolute atomic E-state index is 0.00818. The molecular formula is C10H14N2O5. The Morgan fingerprint density at radius 2 is 2.35 bits per heavy atom. The van der Waals surface area contributed by atoms with Gasteiger partial charge in [-0.3, -0.25) is 4.79 Å². The third kappa shape index (κ3) is 3.87. The van der Waals surface area contributed by atoms with Crippen molar-refractivity contribution in [3.63, 3.8) is 0 Å². The van der Waals surface area contributed by atoms with Crippen LogP contribution in [0.1, 0.15) is 22.7 Å². The van der Waals surface area contributed by atoms with E-state index in [1.54, 1.807) is 6.92 Å². The molecule has 7 heteroatoms. The van der Waals surface area contributed by atoms with Gasteiger partial charge in [-0.25, -0.2) is 4.79 Å². The fourth-order valence-electron chi connectivity index (χ4n) is 1.19. The summed E-state index contributed by atoms with van der Waals surface area (Å²) in [6, 6.07) is 0.428. The number of carboxylic acids is 1. The van der Waals surface area contributed by atoms with Gasteiger partial charge in [0.15, 0.2) is 0 Å². The molecule has 0 fully saturated rings. The second kappa shape index (κ2) is 6.00. The Kier molecular flexibility index (Phi) is 4.65. The number of aryl methyl sites for hydroxylation is 1. The van der Waals surface area contributed by atoms with Crippen LogP contribution in [0, 0.1) is 6.92 Å². The van der Waals surface area contributed by atoms with Gasteiger partial charge >= 0.3 is 5.97 Å². The number of methoxy groups -OCH3 is 1. The van der Waals surface area contributed by atoms with Gasteiger partial charge in [0, 0.05) is 26.2 Å². The summed E-state index contributed by atoms with van der Waals surface area (Å²) in [4.78, 5) is 22.4. The molecule has 0 aliphatic heterocycles. The number of amides is 1. The molecule has 1 aromatic heterocycles. The molecule has 0 saturated heterocycles. The SMILES string of the molecule is COCCC(NC(=O)c1cc(C)no1)C(=O)O. The number of rotatable bonds is 6. The molecule has 0 bridgehead atoms. The van der Waals surface area contributed by atoms with Crippen LogP contribution in [-0.2, 0) is 9.53 Å². The summed E-state index contributed by atoms with van der Waals surface area (Å²) in [5, 5.41) is 14.8. The predicted molar refractivity (Wildman–Crippen MR) is 56.6 cm³/mol.